The predicted molar refractivity (Wildman–Crippen MR) is 118 cm³/mol. The molecule has 4 rings (SSSR count). The number of primary amides is 1. The molecule has 32 heavy (non-hydrogen) atoms. The highest BCUT2D eigenvalue weighted by Crippen LogP contribution is 2.21. The molecule has 1 aliphatic rings. The van der Waals surface area contributed by atoms with Gasteiger partial charge in [-0.15, -0.1) is 0 Å². The molecular formula is C23H24FN5O3. The number of aromatic amines is 1. The first-order chi connectivity index (χ1) is 15.4. The van der Waals surface area contributed by atoms with Crippen molar-refractivity contribution >= 4 is 22.7 Å². The molecule has 1 aromatic heterocycles. The maximum atomic E-state index is 14.4. The van der Waals surface area contributed by atoms with E-state index in [0.29, 0.717) is 54.1 Å². The molecule has 1 fully saturated rings. The average Bonchev–Trinajstić information content (AvgIpc) is 2.78. The van der Waals surface area contributed by atoms with Gasteiger partial charge in [-0.3, -0.25) is 9.59 Å². The number of hydrogen-bond donors (Lipinski definition) is 4. The zero-order valence-electron chi connectivity index (χ0n) is 17.4. The third kappa shape index (κ3) is 4.77. The first-order valence-corrected chi connectivity index (χ1v) is 10.5. The number of benzene rings is 2. The number of hydrogen-bond acceptors (Lipinski definition) is 4. The highest BCUT2D eigenvalue weighted by Gasteiger charge is 2.24. The molecule has 0 radical (unpaired) electrons. The molecule has 3 amide bonds. The van der Waals surface area contributed by atoms with Gasteiger partial charge in [-0.2, -0.15) is 5.10 Å². The minimum Gasteiger partial charge on any atom is -0.352 e. The number of nitrogens with one attached hydrogen (secondary N) is 3. The van der Waals surface area contributed by atoms with E-state index in [1.54, 1.807) is 18.2 Å². The van der Waals surface area contributed by atoms with Gasteiger partial charge in [0.25, 0.3) is 11.5 Å². The zero-order valence-corrected chi connectivity index (χ0v) is 17.4. The number of aromatic nitrogens is 2. The van der Waals surface area contributed by atoms with Crippen LogP contribution in [0.5, 0.6) is 0 Å². The Bertz CT molecular complexity index is 1220. The van der Waals surface area contributed by atoms with Crippen LogP contribution in [0.25, 0.3) is 10.8 Å². The first-order valence-electron chi connectivity index (χ1n) is 10.5. The van der Waals surface area contributed by atoms with Gasteiger partial charge in [0, 0.05) is 23.9 Å². The highest BCUT2D eigenvalue weighted by atomic mass is 19.1. The van der Waals surface area contributed by atoms with Crippen molar-refractivity contribution in [3.8, 4) is 0 Å². The van der Waals surface area contributed by atoms with Gasteiger partial charge in [-0.1, -0.05) is 24.3 Å². The van der Waals surface area contributed by atoms with Crippen molar-refractivity contribution in [1.29, 1.82) is 0 Å². The standard InChI is InChI=1S/C23H24FN5O3/c24-19-10-5-13(12-20-16-3-1-2-4-17(16)22(31)29-28-20)11-18(19)21(30)26-14-6-8-15(9-7-14)27-23(25)32/h1-5,10-11,14-15H,6-9,12H2,(H,26,30)(H,29,31)(H3,25,27,32). The van der Waals surface area contributed by atoms with Crippen LogP contribution in [0.3, 0.4) is 0 Å². The molecule has 166 valence electrons. The molecule has 9 heteroatoms. The molecular weight excluding hydrogens is 413 g/mol. The molecule has 0 bridgehead atoms. The van der Waals surface area contributed by atoms with Gasteiger partial charge >= 0.3 is 6.03 Å². The zero-order chi connectivity index (χ0) is 22.7. The van der Waals surface area contributed by atoms with E-state index in [9.17, 15) is 18.8 Å². The highest BCUT2D eigenvalue weighted by molar-refractivity contribution is 5.95. The van der Waals surface area contributed by atoms with Crippen molar-refractivity contribution < 1.29 is 14.0 Å². The number of carbonyl (C=O) groups excluding carboxylic acids is 2. The summed E-state index contributed by atoms with van der Waals surface area (Å²) in [5, 5.41) is 13.5. The fraction of sp³-hybridized carbons (Fsp3) is 0.304. The molecule has 0 saturated heterocycles. The number of halogens is 1. The second-order valence-electron chi connectivity index (χ2n) is 8.07. The Morgan fingerprint density at radius 3 is 2.38 bits per heavy atom. The van der Waals surface area contributed by atoms with Crippen molar-refractivity contribution in [3.63, 3.8) is 0 Å². The van der Waals surface area contributed by atoms with Crippen molar-refractivity contribution in [3.05, 3.63) is 75.5 Å². The molecule has 1 aliphatic carbocycles. The summed E-state index contributed by atoms with van der Waals surface area (Å²) in [6.07, 6.45) is 3.07. The number of nitrogens with two attached hydrogens (primary N) is 1. The molecule has 8 nitrogen and oxygen atoms in total. The smallest absolute Gasteiger partial charge is 0.312 e. The van der Waals surface area contributed by atoms with Gasteiger partial charge < -0.3 is 16.4 Å². The fourth-order valence-corrected chi connectivity index (χ4v) is 4.20. The van der Waals surface area contributed by atoms with Crippen molar-refractivity contribution in [2.75, 3.05) is 0 Å². The third-order valence-electron chi connectivity index (χ3n) is 5.83. The lowest BCUT2D eigenvalue weighted by molar-refractivity contribution is 0.0920. The Hall–Kier alpha value is -3.75. The van der Waals surface area contributed by atoms with E-state index >= 15 is 0 Å². The molecule has 1 saturated carbocycles. The van der Waals surface area contributed by atoms with Gasteiger partial charge in [-0.05, 0) is 49.4 Å². The summed E-state index contributed by atoms with van der Waals surface area (Å²) < 4.78 is 14.4. The molecule has 0 atom stereocenters. The number of fused-ring (bicyclic) bond motifs is 1. The summed E-state index contributed by atoms with van der Waals surface area (Å²) in [4.78, 5) is 35.7. The van der Waals surface area contributed by atoms with Crippen LogP contribution >= 0.6 is 0 Å². The molecule has 1 heterocycles. The molecule has 5 N–H and O–H groups in total. The molecule has 3 aromatic rings. The van der Waals surface area contributed by atoms with Crippen molar-refractivity contribution in [2.24, 2.45) is 5.73 Å². The summed E-state index contributed by atoms with van der Waals surface area (Å²) in [6, 6.07) is 10.9. The SMILES string of the molecule is NC(=O)NC1CCC(NC(=O)c2cc(Cc3n[nH]c(=O)c4ccccc34)ccc2F)CC1. The lowest BCUT2D eigenvalue weighted by Gasteiger charge is -2.29. The Balaban J connectivity index is 1.48. The van der Waals surface area contributed by atoms with Crippen LogP contribution in [0, 0.1) is 5.82 Å². The average molecular weight is 437 g/mol. The molecule has 0 aliphatic heterocycles. The van der Waals surface area contributed by atoms with Crippen LogP contribution < -0.4 is 21.9 Å². The predicted octanol–water partition coefficient (Wildman–Crippen LogP) is 2.36. The normalized spacial score (nSPS) is 18.3. The van der Waals surface area contributed by atoms with Gasteiger partial charge in [-0.25, -0.2) is 14.3 Å². The summed E-state index contributed by atoms with van der Waals surface area (Å²) in [6.45, 7) is 0. The molecule has 0 unspecified atom stereocenters. The topological polar surface area (TPSA) is 130 Å². The van der Waals surface area contributed by atoms with E-state index in [-0.39, 0.29) is 23.2 Å². The second kappa shape index (κ2) is 9.17. The Labute approximate surface area is 183 Å². The van der Waals surface area contributed by atoms with E-state index in [1.165, 1.54) is 12.1 Å². The van der Waals surface area contributed by atoms with Crippen LogP contribution in [0.4, 0.5) is 9.18 Å². The number of urea groups is 1. The summed E-state index contributed by atoms with van der Waals surface area (Å²) in [5.41, 5.74) is 6.19. The van der Waals surface area contributed by atoms with Crippen LogP contribution in [-0.2, 0) is 6.42 Å². The number of H-pyrrole nitrogens is 1. The Kier molecular flexibility index (Phi) is 6.16. The summed E-state index contributed by atoms with van der Waals surface area (Å²) >= 11 is 0. The van der Waals surface area contributed by atoms with Crippen molar-refractivity contribution in [2.45, 2.75) is 44.2 Å². The lowest BCUT2D eigenvalue weighted by Crippen LogP contribution is -2.45. The number of amides is 3. The van der Waals surface area contributed by atoms with E-state index < -0.39 is 17.8 Å². The number of rotatable bonds is 5. The monoisotopic (exact) mass is 437 g/mol. The van der Waals surface area contributed by atoms with E-state index in [4.69, 9.17) is 5.73 Å². The third-order valence-corrected chi connectivity index (χ3v) is 5.83. The maximum Gasteiger partial charge on any atom is 0.312 e. The quantitative estimate of drug-likeness (QED) is 0.488. The second-order valence-corrected chi connectivity index (χ2v) is 8.07. The van der Waals surface area contributed by atoms with E-state index in [0.717, 1.165) is 0 Å². The number of nitrogens with zero attached hydrogens (tertiary/aromatic N) is 1. The minimum atomic E-state index is -0.602. The van der Waals surface area contributed by atoms with Gasteiger partial charge in [0.1, 0.15) is 5.82 Å². The summed E-state index contributed by atoms with van der Waals surface area (Å²) in [5.74, 6) is -1.08. The Morgan fingerprint density at radius 2 is 1.69 bits per heavy atom. The van der Waals surface area contributed by atoms with Gasteiger partial charge in [0.2, 0.25) is 0 Å². The molecule has 0 spiro atoms. The Morgan fingerprint density at radius 1 is 1.03 bits per heavy atom. The first kappa shape index (κ1) is 21.5. The van der Waals surface area contributed by atoms with Crippen LogP contribution in [0.2, 0.25) is 0 Å². The number of carbonyl (C=O) groups is 2. The minimum absolute atomic E-state index is 0.000327. The van der Waals surface area contributed by atoms with Crippen LogP contribution in [0.15, 0.2) is 47.3 Å². The lowest BCUT2D eigenvalue weighted by atomic mass is 9.91. The van der Waals surface area contributed by atoms with Gasteiger partial charge in [0.15, 0.2) is 0 Å². The van der Waals surface area contributed by atoms with E-state index in [2.05, 4.69) is 20.8 Å². The fourth-order valence-electron chi connectivity index (χ4n) is 4.20. The van der Waals surface area contributed by atoms with Crippen molar-refractivity contribution in [1.82, 2.24) is 20.8 Å². The van der Waals surface area contributed by atoms with E-state index in [1.807, 2.05) is 12.1 Å². The molecule has 2 aromatic carbocycles. The largest absolute Gasteiger partial charge is 0.352 e. The summed E-state index contributed by atoms with van der Waals surface area (Å²) in [7, 11) is 0. The van der Waals surface area contributed by atoms with Crippen LogP contribution in [0.1, 0.15) is 47.3 Å². The van der Waals surface area contributed by atoms with Crippen LogP contribution in [-0.4, -0.2) is 34.2 Å². The maximum absolute atomic E-state index is 14.4. The van der Waals surface area contributed by atoms with Gasteiger partial charge in [0.05, 0.1) is 16.6 Å².